The predicted octanol–water partition coefficient (Wildman–Crippen LogP) is 3.49. The van der Waals surface area contributed by atoms with E-state index < -0.39 is 0 Å². The number of ketones is 1. The number of methoxy groups -OCH3 is 3. The predicted molar refractivity (Wildman–Crippen MR) is 91.3 cm³/mol. The van der Waals surface area contributed by atoms with Gasteiger partial charge in [0.2, 0.25) is 5.75 Å². The van der Waals surface area contributed by atoms with Crippen molar-refractivity contribution in [3.63, 3.8) is 0 Å². The summed E-state index contributed by atoms with van der Waals surface area (Å²) in [6.45, 7) is 0. The van der Waals surface area contributed by atoms with Crippen LogP contribution in [0.2, 0.25) is 0 Å². The van der Waals surface area contributed by atoms with Crippen molar-refractivity contribution in [1.82, 2.24) is 4.98 Å². The first-order valence-electron chi connectivity index (χ1n) is 7.38. The van der Waals surface area contributed by atoms with Gasteiger partial charge in [0, 0.05) is 22.7 Å². The quantitative estimate of drug-likeness (QED) is 0.673. The number of hydrogen-bond acceptors (Lipinski definition) is 5. The number of rotatable bonds is 5. The van der Waals surface area contributed by atoms with E-state index in [9.17, 15) is 4.79 Å². The summed E-state index contributed by atoms with van der Waals surface area (Å²) in [5, 5.41) is 0.804. The van der Waals surface area contributed by atoms with Gasteiger partial charge in [0.1, 0.15) is 0 Å². The summed E-state index contributed by atoms with van der Waals surface area (Å²) in [6.07, 6.45) is 1.70. The highest BCUT2D eigenvalue weighted by molar-refractivity contribution is 6.16. The van der Waals surface area contributed by atoms with Gasteiger partial charge in [-0.15, -0.1) is 0 Å². The summed E-state index contributed by atoms with van der Waals surface area (Å²) >= 11 is 0. The lowest BCUT2D eigenvalue weighted by atomic mass is 9.98. The molecule has 0 spiro atoms. The lowest BCUT2D eigenvalue weighted by Crippen LogP contribution is -2.05. The van der Waals surface area contributed by atoms with Crippen molar-refractivity contribution in [2.24, 2.45) is 0 Å². The summed E-state index contributed by atoms with van der Waals surface area (Å²) in [7, 11) is 4.57. The Hall–Kier alpha value is -3.08. The molecule has 24 heavy (non-hydrogen) atoms. The third-order valence-corrected chi connectivity index (χ3v) is 3.82. The van der Waals surface area contributed by atoms with Crippen LogP contribution in [0, 0.1) is 0 Å². The minimum absolute atomic E-state index is 0.132. The lowest BCUT2D eigenvalue weighted by molar-refractivity contribution is 0.103. The minimum atomic E-state index is -0.132. The Morgan fingerprint density at radius 3 is 2.25 bits per heavy atom. The standard InChI is InChI=1S/C19H17NO4/c1-22-16-10-12(11-17(23-2)19(16)24-3)18(21)14-6-4-8-15-13(14)7-5-9-20-15/h4-11H,1-3H3. The van der Waals surface area contributed by atoms with Gasteiger partial charge in [0.25, 0.3) is 0 Å². The second kappa shape index (κ2) is 6.58. The lowest BCUT2D eigenvalue weighted by Gasteiger charge is -2.14. The van der Waals surface area contributed by atoms with Gasteiger partial charge in [-0.1, -0.05) is 18.2 Å². The molecule has 0 aliphatic carbocycles. The van der Waals surface area contributed by atoms with Crippen molar-refractivity contribution >= 4 is 16.7 Å². The molecule has 2 aromatic carbocycles. The number of aromatic nitrogens is 1. The number of hydrogen-bond donors (Lipinski definition) is 0. The zero-order chi connectivity index (χ0) is 17.1. The number of pyridine rings is 1. The maximum Gasteiger partial charge on any atom is 0.203 e. The van der Waals surface area contributed by atoms with Crippen molar-refractivity contribution in [2.45, 2.75) is 0 Å². The van der Waals surface area contributed by atoms with Gasteiger partial charge in [0.15, 0.2) is 17.3 Å². The Labute approximate surface area is 139 Å². The fourth-order valence-corrected chi connectivity index (χ4v) is 2.67. The Bertz CT molecular complexity index is 875. The Morgan fingerprint density at radius 2 is 1.62 bits per heavy atom. The number of nitrogens with zero attached hydrogens (tertiary/aromatic N) is 1. The van der Waals surface area contributed by atoms with E-state index in [-0.39, 0.29) is 5.78 Å². The topological polar surface area (TPSA) is 57.7 Å². The summed E-state index contributed by atoms with van der Waals surface area (Å²) in [5.41, 5.74) is 1.81. The molecule has 1 heterocycles. The number of benzene rings is 2. The van der Waals surface area contributed by atoms with Crippen LogP contribution in [0.4, 0.5) is 0 Å². The molecular weight excluding hydrogens is 306 g/mol. The first-order valence-corrected chi connectivity index (χ1v) is 7.38. The van der Waals surface area contributed by atoms with Crippen LogP contribution in [0.15, 0.2) is 48.7 Å². The van der Waals surface area contributed by atoms with Gasteiger partial charge in [-0.05, 0) is 24.3 Å². The van der Waals surface area contributed by atoms with Crippen molar-refractivity contribution in [1.29, 1.82) is 0 Å². The van der Waals surface area contributed by atoms with E-state index in [0.29, 0.717) is 28.4 Å². The highest BCUT2D eigenvalue weighted by atomic mass is 16.5. The Morgan fingerprint density at radius 1 is 0.917 bits per heavy atom. The monoisotopic (exact) mass is 323 g/mol. The maximum atomic E-state index is 13.0. The maximum absolute atomic E-state index is 13.0. The summed E-state index contributed by atoms with van der Waals surface area (Å²) in [5.74, 6) is 1.21. The average molecular weight is 323 g/mol. The molecule has 122 valence electrons. The highest BCUT2D eigenvalue weighted by Gasteiger charge is 2.19. The zero-order valence-corrected chi connectivity index (χ0v) is 13.7. The van der Waals surface area contributed by atoms with Crippen molar-refractivity contribution < 1.29 is 19.0 Å². The van der Waals surface area contributed by atoms with E-state index in [2.05, 4.69) is 4.98 Å². The Balaban J connectivity index is 2.16. The number of ether oxygens (including phenoxy) is 3. The molecule has 0 saturated carbocycles. The van der Waals surface area contributed by atoms with Gasteiger partial charge >= 0.3 is 0 Å². The van der Waals surface area contributed by atoms with Gasteiger partial charge < -0.3 is 14.2 Å². The molecule has 3 aromatic rings. The normalized spacial score (nSPS) is 10.5. The van der Waals surface area contributed by atoms with Crippen LogP contribution in [0.5, 0.6) is 17.2 Å². The first kappa shape index (κ1) is 15.8. The average Bonchev–Trinajstić information content (AvgIpc) is 2.65. The molecule has 0 radical (unpaired) electrons. The molecule has 0 aliphatic heterocycles. The molecule has 0 saturated heterocycles. The highest BCUT2D eigenvalue weighted by Crippen LogP contribution is 2.39. The molecule has 5 heteroatoms. The smallest absolute Gasteiger partial charge is 0.203 e. The summed E-state index contributed by atoms with van der Waals surface area (Å²) in [4.78, 5) is 17.3. The molecular formula is C19H17NO4. The third kappa shape index (κ3) is 2.65. The number of fused-ring (bicyclic) bond motifs is 1. The van der Waals surface area contributed by atoms with Crippen LogP contribution < -0.4 is 14.2 Å². The van der Waals surface area contributed by atoms with E-state index in [1.54, 1.807) is 24.4 Å². The first-order chi connectivity index (χ1) is 11.7. The second-order valence-corrected chi connectivity index (χ2v) is 5.12. The number of carbonyl (C=O) groups excluding carboxylic acids is 1. The largest absolute Gasteiger partial charge is 0.493 e. The molecule has 3 rings (SSSR count). The third-order valence-electron chi connectivity index (χ3n) is 3.82. The molecule has 1 aromatic heterocycles. The van der Waals surface area contributed by atoms with Crippen LogP contribution in [0.3, 0.4) is 0 Å². The number of carbonyl (C=O) groups is 1. The zero-order valence-electron chi connectivity index (χ0n) is 13.7. The van der Waals surface area contributed by atoms with Crippen molar-refractivity contribution in [2.75, 3.05) is 21.3 Å². The molecule has 0 unspecified atom stereocenters. The van der Waals surface area contributed by atoms with E-state index in [1.165, 1.54) is 21.3 Å². The SMILES string of the molecule is COc1cc(C(=O)c2cccc3ncccc23)cc(OC)c1OC. The van der Waals surface area contributed by atoms with Crippen LogP contribution in [0.25, 0.3) is 10.9 Å². The molecule has 0 bridgehead atoms. The van der Waals surface area contributed by atoms with Crippen LogP contribution in [0.1, 0.15) is 15.9 Å². The van der Waals surface area contributed by atoms with Gasteiger partial charge in [0.05, 0.1) is 26.8 Å². The molecule has 0 atom stereocenters. The van der Waals surface area contributed by atoms with Crippen molar-refractivity contribution in [3.8, 4) is 17.2 Å². The molecule has 5 nitrogen and oxygen atoms in total. The van der Waals surface area contributed by atoms with Gasteiger partial charge in [-0.25, -0.2) is 0 Å². The van der Waals surface area contributed by atoms with Crippen LogP contribution in [-0.4, -0.2) is 32.1 Å². The Kier molecular flexibility index (Phi) is 4.33. The van der Waals surface area contributed by atoms with Crippen LogP contribution in [-0.2, 0) is 0 Å². The van der Waals surface area contributed by atoms with E-state index in [4.69, 9.17) is 14.2 Å². The molecule has 0 N–H and O–H groups in total. The summed E-state index contributed by atoms with van der Waals surface area (Å²) < 4.78 is 15.9. The molecule has 0 amide bonds. The fraction of sp³-hybridized carbons (Fsp3) is 0.158. The van der Waals surface area contributed by atoms with Crippen LogP contribution >= 0.6 is 0 Å². The van der Waals surface area contributed by atoms with E-state index >= 15 is 0 Å². The summed E-state index contributed by atoms with van der Waals surface area (Å²) in [6, 6.07) is 12.5. The van der Waals surface area contributed by atoms with Gasteiger partial charge in [-0.3, -0.25) is 9.78 Å². The van der Waals surface area contributed by atoms with Crippen molar-refractivity contribution in [3.05, 3.63) is 59.8 Å². The van der Waals surface area contributed by atoms with E-state index in [1.807, 2.05) is 24.3 Å². The van der Waals surface area contributed by atoms with E-state index in [0.717, 1.165) is 10.9 Å². The minimum Gasteiger partial charge on any atom is -0.493 e. The molecule has 0 aliphatic rings. The van der Waals surface area contributed by atoms with Gasteiger partial charge in [-0.2, -0.15) is 0 Å². The second-order valence-electron chi connectivity index (χ2n) is 5.12. The fourth-order valence-electron chi connectivity index (χ4n) is 2.67. The molecule has 0 fully saturated rings.